The summed E-state index contributed by atoms with van der Waals surface area (Å²) in [5.74, 6) is 0. The molecule has 0 unspecified atom stereocenters. The van der Waals surface area contributed by atoms with Gasteiger partial charge in [0.05, 0.1) is 0 Å². The zero-order chi connectivity index (χ0) is 12.7. The maximum atomic E-state index is 2.48. The summed E-state index contributed by atoms with van der Waals surface area (Å²) < 4.78 is 0. The molecule has 1 aromatic rings. The van der Waals surface area contributed by atoms with Crippen molar-refractivity contribution in [3.63, 3.8) is 0 Å². The lowest BCUT2D eigenvalue weighted by molar-refractivity contribution is 0.244. The van der Waals surface area contributed by atoms with Crippen molar-refractivity contribution in [1.29, 1.82) is 0 Å². The molecular formula is C14H24N2S. The molecule has 0 saturated heterocycles. The van der Waals surface area contributed by atoms with E-state index in [-0.39, 0.29) is 0 Å². The largest absolute Gasteiger partial charge is 0.308 e. The molecule has 0 spiro atoms. The Kier molecular flexibility index (Phi) is 6.63. The van der Waals surface area contributed by atoms with E-state index in [0.29, 0.717) is 0 Å². The van der Waals surface area contributed by atoms with Crippen LogP contribution in [-0.2, 0) is 6.54 Å². The summed E-state index contributed by atoms with van der Waals surface area (Å²) in [5.41, 5.74) is 1.41. The van der Waals surface area contributed by atoms with Crippen LogP contribution >= 0.6 is 11.8 Å². The number of hydrogen-bond donors (Lipinski definition) is 0. The van der Waals surface area contributed by atoms with Crippen molar-refractivity contribution in [1.82, 2.24) is 9.80 Å². The van der Waals surface area contributed by atoms with Gasteiger partial charge < -0.3 is 4.90 Å². The first-order chi connectivity index (χ1) is 8.15. The van der Waals surface area contributed by atoms with Crippen LogP contribution in [0.4, 0.5) is 0 Å². The van der Waals surface area contributed by atoms with Crippen molar-refractivity contribution in [3.8, 4) is 0 Å². The Morgan fingerprint density at radius 1 is 1.06 bits per heavy atom. The maximum Gasteiger partial charge on any atom is 0.0234 e. The molecule has 0 atom stereocenters. The van der Waals surface area contributed by atoms with Crippen molar-refractivity contribution in [2.45, 2.75) is 18.4 Å². The third-order valence-electron chi connectivity index (χ3n) is 2.88. The summed E-state index contributed by atoms with van der Waals surface area (Å²) in [6, 6.07) is 8.90. The zero-order valence-corrected chi connectivity index (χ0v) is 12.3. The van der Waals surface area contributed by atoms with Gasteiger partial charge in [0.25, 0.3) is 0 Å². The predicted molar refractivity (Wildman–Crippen MR) is 77.7 cm³/mol. The molecule has 0 heterocycles. The molecule has 0 saturated carbocycles. The zero-order valence-electron chi connectivity index (χ0n) is 11.4. The van der Waals surface area contributed by atoms with Gasteiger partial charge in [-0.05, 0) is 44.6 Å². The van der Waals surface area contributed by atoms with Crippen molar-refractivity contribution < 1.29 is 0 Å². The highest BCUT2D eigenvalue weighted by atomic mass is 32.2. The molecule has 0 radical (unpaired) electrons. The third-order valence-corrected chi connectivity index (χ3v) is 3.62. The van der Waals surface area contributed by atoms with Gasteiger partial charge in [0.2, 0.25) is 0 Å². The molecular weight excluding hydrogens is 228 g/mol. The highest BCUT2D eigenvalue weighted by molar-refractivity contribution is 7.98. The topological polar surface area (TPSA) is 6.48 Å². The second-order valence-corrected chi connectivity index (χ2v) is 5.40. The van der Waals surface area contributed by atoms with Gasteiger partial charge in [-0.3, -0.25) is 4.90 Å². The van der Waals surface area contributed by atoms with E-state index in [4.69, 9.17) is 0 Å². The Morgan fingerprint density at radius 2 is 1.71 bits per heavy atom. The second kappa shape index (κ2) is 7.75. The predicted octanol–water partition coefficient (Wildman–Crippen LogP) is 2.79. The normalized spacial score (nSPS) is 11.4. The number of likely N-dealkylation sites (N-methyl/N-ethyl adjacent to an activating group) is 2. The fourth-order valence-corrected chi connectivity index (χ4v) is 2.09. The molecule has 0 aromatic heterocycles. The van der Waals surface area contributed by atoms with Gasteiger partial charge in [0.1, 0.15) is 0 Å². The Morgan fingerprint density at radius 3 is 2.18 bits per heavy atom. The van der Waals surface area contributed by atoms with E-state index in [1.807, 2.05) is 0 Å². The average Bonchev–Trinajstić information content (AvgIpc) is 2.35. The van der Waals surface area contributed by atoms with Crippen LogP contribution in [0.25, 0.3) is 0 Å². The van der Waals surface area contributed by atoms with E-state index < -0.39 is 0 Å². The number of hydrogen-bond acceptors (Lipinski definition) is 3. The van der Waals surface area contributed by atoms with Crippen LogP contribution in [0, 0.1) is 0 Å². The van der Waals surface area contributed by atoms with Crippen LogP contribution in [0.5, 0.6) is 0 Å². The van der Waals surface area contributed by atoms with Crippen LogP contribution in [0.3, 0.4) is 0 Å². The summed E-state index contributed by atoms with van der Waals surface area (Å²) in [6.07, 6.45) is 2.12. The van der Waals surface area contributed by atoms with Gasteiger partial charge in [0, 0.05) is 24.5 Å². The molecule has 0 aliphatic rings. The summed E-state index contributed by atoms with van der Waals surface area (Å²) in [4.78, 5) is 6.05. The first kappa shape index (κ1) is 14.6. The summed E-state index contributed by atoms with van der Waals surface area (Å²) in [5, 5.41) is 0. The summed E-state index contributed by atoms with van der Waals surface area (Å²) >= 11 is 1.80. The lowest BCUT2D eigenvalue weighted by Crippen LogP contribution is -2.31. The van der Waals surface area contributed by atoms with Crippen LogP contribution in [-0.4, -0.2) is 49.8 Å². The average molecular weight is 252 g/mol. The molecule has 96 valence electrons. The highest BCUT2D eigenvalue weighted by Crippen LogP contribution is 2.15. The van der Waals surface area contributed by atoms with Gasteiger partial charge in [-0.2, -0.15) is 0 Å². The van der Waals surface area contributed by atoms with Gasteiger partial charge >= 0.3 is 0 Å². The Hall–Kier alpha value is -0.510. The fraction of sp³-hybridized carbons (Fsp3) is 0.571. The van der Waals surface area contributed by atoms with E-state index in [2.05, 4.69) is 61.3 Å². The van der Waals surface area contributed by atoms with Crippen molar-refractivity contribution >= 4 is 11.8 Å². The molecule has 0 aliphatic carbocycles. The van der Waals surface area contributed by atoms with E-state index in [9.17, 15) is 0 Å². The Bertz CT molecular complexity index is 309. The van der Waals surface area contributed by atoms with Crippen LogP contribution in [0.1, 0.15) is 12.5 Å². The van der Waals surface area contributed by atoms with Crippen LogP contribution in [0.2, 0.25) is 0 Å². The van der Waals surface area contributed by atoms with Crippen LogP contribution in [0.15, 0.2) is 29.2 Å². The standard InChI is InChI=1S/C14H24N2S/c1-5-16(11-10-15(2)3)12-13-6-8-14(17-4)9-7-13/h6-9H,5,10-12H2,1-4H3. The van der Waals surface area contributed by atoms with Gasteiger partial charge in [-0.25, -0.2) is 0 Å². The quantitative estimate of drug-likeness (QED) is 0.689. The molecule has 0 fully saturated rings. The molecule has 17 heavy (non-hydrogen) atoms. The van der Waals surface area contributed by atoms with Crippen LogP contribution < -0.4 is 0 Å². The Labute approximate surface area is 110 Å². The molecule has 1 rings (SSSR count). The van der Waals surface area contributed by atoms with E-state index in [0.717, 1.165) is 26.2 Å². The molecule has 0 aliphatic heterocycles. The third kappa shape index (κ3) is 5.57. The second-order valence-electron chi connectivity index (χ2n) is 4.52. The molecule has 2 nitrogen and oxygen atoms in total. The highest BCUT2D eigenvalue weighted by Gasteiger charge is 2.04. The summed E-state index contributed by atoms with van der Waals surface area (Å²) in [6.45, 7) is 6.65. The molecule has 0 bridgehead atoms. The smallest absolute Gasteiger partial charge is 0.0234 e. The number of thioether (sulfide) groups is 1. The SMILES string of the molecule is CCN(CCN(C)C)Cc1ccc(SC)cc1. The molecule has 3 heteroatoms. The van der Waals surface area contributed by atoms with E-state index >= 15 is 0 Å². The monoisotopic (exact) mass is 252 g/mol. The van der Waals surface area contributed by atoms with Gasteiger partial charge in [-0.15, -0.1) is 11.8 Å². The van der Waals surface area contributed by atoms with E-state index in [1.165, 1.54) is 10.5 Å². The lowest BCUT2D eigenvalue weighted by atomic mass is 10.2. The minimum absolute atomic E-state index is 1.05. The molecule has 0 N–H and O–H groups in total. The van der Waals surface area contributed by atoms with Crippen molar-refractivity contribution in [2.75, 3.05) is 40.0 Å². The Balaban J connectivity index is 2.48. The molecule has 0 amide bonds. The minimum Gasteiger partial charge on any atom is -0.308 e. The van der Waals surface area contributed by atoms with Crippen molar-refractivity contribution in [2.24, 2.45) is 0 Å². The number of benzene rings is 1. The summed E-state index contributed by atoms with van der Waals surface area (Å²) in [7, 11) is 4.25. The molecule has 1 aromatic carbocycles. The van der Waals surface area contributed by atoms with Crippen molar-refractivity contribution in [3.05, 3.63) is 29.8 Å². The first-order valence-corrected chi connectivity index (χ1v) is 7.38. The van der Waals surface area contributed by atoms with Gasteiger partial charge in [-0.1, -0.05) is 19.1 Å². The van der Waals surface area contributed by atoms with E-state index in [1.54, 1.807) is 11.8 Å². The lowest BCUT2D eigenvalue weighted by Gasteiger charge is -2.22. The first-order valence-electron chi connectivity index (χ1n) is 6.15. The minimum atomic E-state index is 1.05. The number of nitrogens with zero attached hydrogens (tertiary/aromatic N) is 2. The number of rotatable bonds is 7. The fourth-order valence-electron chi connectivity index (χ4n) is 1.68. The maximum absolute atomic E-state index is 2.48. The van der Waals surface area contributed by atoms with Gasteiger partial charge in [0.15, 0.2) is 0 Å².